The van der Waals surface area contributed by atoms with Crippen LogP contribution in [0.2, 0.25) is 0 Å². The highest BCUT2D eigenvalue weighted by Gasteiger charge is 2.20. The Kier molecular flexibility index (Phi) is 10.3. The van der Waals surface area contributed by atoms with Crippen LogP contribution in [0.15, 0.2) is 53.7 Å². The molecule has 0 atom stereocenters. The smallest absolute Gasteiger partial charge is 0.191 e. The Morgan fingerprint density at radius 2 is 1.90 bits per heavy atom. The lowest BCUT2D eigenvalue weighted by Gasteiger charge is -2.32. The van der Waals surface area contributed by atoms with Crippen LogP contribution in [0.5, 0.6) is 0 Å². The van der Waals surface area contributed by atoms with Gasteiger partial charge in [0.1, 0.15) is 5.82 Å². The molecule has 29 heavy (non-hydrogen) atoms. The van der Waals surface area contributed by atoms with E-state index in [1.807, 2.05) is 30.3 Å². The summed E-state index contributed by atoms with van der Waals surface area (Å²) >= 11 is 0. The van der Waals surface area contributed by atoms with E-state index < -0.39 is 0 Å². The first-order valence-corrected chi connectivity index (χ1v) is 10.1. The van der Waals surface area contributed by atoms with Crippen LogP contribution in [-0.2, 0) is 13.1 Å². The average Bonchev–Trinajstić information content (AvgIpc) is 2.73. The Balaban J connectivity index is 0.00000300. The number of likely N-dealkylation sites (tertiary alicyclic amines) is 1. The molecule has 3 rings (SSSR count). The third-order valence-electron chi connectivity index (χ3n) is 5.09. The van der Waals surface area contributed by atoms with Gasteiger partial charge in [-0.2, -0.15) is 0 Å². The molecule has 0 aliphatic carbocycles. The molecule has 1 aliphatic heterocycles. The van der Waals surface area contributed by atoms with Crippen LogP contribution in [-0.4, -0.2) is 42.0 Å². The molecule has 0 unspecified atom stereocenters. The minimum atomic E-state index is -0.106. The highest BCUT2D eigenvalue weighted by Crippen LogP contribution is 2.19. The monoisotopic (exact) mass is 511 g/mol. The topological polar surface area (TPSA) is 52.6 Å². The molecule has 0 radical (unpaired) electrons. The fourth-order valence-electron chi connectivity index (χ4n) is 3.45. The molecule has 5 nitrogen and oxygen atoms in total. The summed E-state index contributed by atoms with van der Waals surface area (Å²) in [5, 5.41) is 6.77. The Bertz CT molecular complexity index is 748. The molecule has 2 N–H and O–H groups in total. The third-order valence-corrected chi connectivity index (χ3v) is 5.09. The minimum absolute atomic E-state index is 0. The summed E-state index contributed by atoms with van der Waals surface area (Å²) in [4.78, 5) is 11.3. The molecule has 0 bridgehead atoms. The third kappa shape index (κ3) is 7.89. The first-order valence-electron chi connectivity index (χ1n) is 10.1. The molecule has 1 fully saturated rings. The number of hydrogen-bond acceptors (Lipinski definition) is 3. The van der Waals surface area contributed by atoms with Crippen molar-refractivity contribution in [3.8, 4) is 0 Å². The van der Waals surface area contributed by atoms with E-state index in [0.717, 1.165) is 56.2 Å². The molecule has 0 amide bonds. The van der Waals surface area contributed by atoms with Crippen LogP contribution in [0.3, 0.4) is 0 Å². The lowest BCUT2D eigenvalue weighted by atomic mass is 9.96. The summed E-state index contributed by atoms with van der Waals surface area (Å²) in [5.41, 5.74) is 1.75. The lowest BCUT2D eigenvalue weighted by molar-refractivity contribution is 0.176. The van der Waals surface area contributed by atoms with Crippen molar-refractivity contribution in [2.75, 3.05) is 26.2 Å². The summed E-state index contributed by atoms with van der Waals surface area (Å²) in [6.45, 7) is 7.07. The summed E-state index contributed by atoms with van der Waals surface area (Å²) in [7, 11) is 0. The fraction of sp³-hybridized carbons (Fsp3) is 0.455. The number of halogens is 2. The number of benzene rings is 1. The second-order valence-corrected chi connectivity index (χ2v) is 7.21. The number of nitrogens with one attached hydrogen (secondary N) is 2. The zero-order valence-electron chi connectivity index (χ0n) is 17.0. The molecule has 0 saturated carbocycles. The van der Waals surface area contributed by atoms with Crippen molar-refractivity contribution in [2.24, 2.45) is 10.9 Å². The Morgan fingerprint density at radius 1 is 1.14 bits per heavy atom. The highest BCUT2D eigenvalue weighted by molar-refractivity contribution is 14.0. The van der Waals surface area contributed by atoms with Gasteiger partial charge in [-0.15, -0.1) is 24.0 Å². The SMILES string of the molecule is CCNC(=NCc1ccccn1)NCC1CCN(Cc2ccccc2F)CC1.I. The van der Waals surface area contributed by atoms with E-state index >= 15 is 0 Å². The van der Waals surface area contributed by atoms with Crippen LogP contribution in [0.25, 0.3) is 0 Å². The van der Waals surface area contributed by atoms with Crippen LogP contribution < -0.4 is 10.6 Å². The number of nitrogens with zero attached hydrogens (tertiary/aromatic N) is 3. The number of aliphatic imine (C=N–C) groups is 1. The molecular formula is C22H31FIN5. The van der Waals surface area contributed by atoms with Crippen LogP contribution in [0.1, 0.15) is 31.0 Å². The molecule has 158 valence electrons. The van der Waals surface area contributed by atoms with Gasteiger partial charge in [0.05, 0.1) is 12.2 Å². The van der Waals surface area contributed by atoms with Crippen molar-refractivity contribution in [3.63, 3.8) is 0 Å². The first-order chi connectivity index (χ1) is 13.7. The maximum atomic E-state index is 13.8. The van der Waals surface area contributed by atoms with E-state index in [1.54, 1.807) is 18.3 Å². The summed E-state index contributed by atoms with van der Waals surface area (Å²) < 4.78 is 13.8. The Hall–Kier alpha value is -1.74. The minimum Gasteiger partial charge on any atom is -0.357 e. The van der Waals surface area contributed by atoms with Crippen molar-refractivity contribution in [1.29, 1.82) is 0 Å². The number of pyridine rings is 1. The lowest BCUT2D eigenvalue weighted by Crippen LogP contribution is -2.42. The predicted octanol–water partition coefficient (Wildman–Crippen LogP) is 3.81. The van der Waals surface area contributed by atoms with Gasteiger partial charge in [0, 0.05) is 31.4 Å². The van der Waals surface area contributed by atoms with Crippen LogP contribution in [0, 0.1) is 11.7 Å². The number of guanidine groups is 1. The molecular weight excluding hydrogens is 480 g/mol. The van der Waals surface area contributed by atoms with E-state index in [9.17, 15) is 4.39 Å². The van der Waals surface area contributed by atoms with Gasteiger partial charge in [0.25, 0.3) is 0 Å². The van der Waals surface area contributed by atoms with Crippen molar-refractivity contribution in [1.82, 2.24) is 20.5 Å². The van der Waals surface area contributed by atoms with E-state index in [4.69, 9.17) is 0 Å². The van der Waals surface area contributed by atoms with Gasteiger partial charge >= 0.3 is 0 Å². The first kappa shape index (κ1) is 23.5. The average molecular weight is 511 g/mol. The molecule has 1 aromatic heterocycles. The van der Waals surface area contributed by atoms with Gasteiger partial charge in [-0.25, -0.2) is 9.38 Å². The van der Waals surface area contributed by atoms with Crippen LogP contribution >= 0.6 is 24.0 Å². The van der Waals surface area contributed by atoms with E-state index in [2.05, 4.69) is 32.4 Å². The van der Waals surface area contributed by atoms with Crippen molar-refractivity contribution < 1.29 is 4.39 Å². The van der Waals surface area contributed by atoms with Gasteiger partial charge in [0.15, 0.2) is 5.96 Å². The fourth-order valence-corrected chi connectivity index (χ4v) is 3.45. The zero-order chi connectivity index (χ0) is 19.6. The maximum Gasteiger partial charge on any atom is 0.191 e. The van der Waals surface area contributed by atoms with Gasteiger partial charge < -0.3 is 10.6 Å². The molecule has 2 heterocycles. The summed E-state index contributed by atoms with van der Waals surface area (Å²) in [6, 6.07) is 12.9. The van der Waals surface area contributed by atoms with Gasteiger partial charge in [0.2, 0.25) is 0 Å². The molecule has 1 saturated heterocycles. The normalized spacial score (nSPS) is 15.6. The Labute approximate surface area is 190 Å². The molecule has 1 aliphatic rings. The summed E-state index contributed by atoms with van der Waals surface area (Å²) in [6.07, 6.45) is 4.02. The second kappa shape index (κ2) is 12.7. The molecule has 7 heteroatoms. The van der Waals surface area contributed by atoms with Crippen molar-refractivity contribution in [3.05, 3.63) is 65.7 Å². The van der Waals surface area contributed by atoms with Gasteiger partial charge in [-0.05, 0) is 57.0 Å². The largest absolute Gasteiger partial charge is 0.357 e. The van der Waals surface area contributed by atoms with E-state index in [0.29, 0.717) is 19.0 Å². The zero-order valence-corrected chi connectivity index (χ0v) is 19.3. The number of hydrogen-bond donors (Lipinski definition) is 2. The second-order valence-electron chi connectivity index (χ2n) is 7.21. The molecule has 1 aromatic carbocycles. The number of aromatic nitrogens is 1. The van der Waals surface area contributed by atoms with E-state index in [-0.39, 0.29) is 29.8 Å². The van der Waals surface area contributed by atoms with Gasteiger partial charge in [-0.1, -0.05) is 24.3 Å². The Morgan fingerprint density at radius 3 is 2.59 bits per heavy atom. The molecule has 2 aromatic rings. The van der Waals surface area contributed by atoms with E-state index in [1.165, 1.54) is 0 Å². The number of rotatable bonds is 7. The highest BCUT2D eigenvalue weighted by atomic mass is 127. The standard InChI is InChI=1S/C22H30FN5.HI/c1-2-24-22(27-16-20-8-5-6-12-25-20)26-15-18-10-13-28(14-11-18)17-19-7-3-4-9-21(19)23;/h3-9,12,18H,2,10-11,13-17H2,1H3,(H2,24,26,27);1H. The molecule has 0 spiro atoms. The van der Waals surface area contributed by atoms with Gasteiger partial charge in [-0.3, -0.25) is 9.88 Å². The number of piperidine rings is 1. The summed E-state index contributed by atoms with van der Waals surface area (Å²) in [5.74, 6) is 1.34. The van der Waals surface area contributed by atoms with Crippen molar-refractivity contribution in [2.45, 2.75) is 32.9 Å². The van der Waals surface area contributed by atoms with Crippen molar-refractivity contribution >= 4 is 29.9 Å². The predicted molar refractivity (Wildman–Crippen MR) is 127 cm³/mol. The quantitative estimate of drug-likeness (QED) is 0.338. The maximum absolute atomic E-state index is 13.8. The van der Waals surface area contributed by atoms with Crippen LogP contribution in [0.4, 0.5) is 4.39 Å².